The Morgan fingerprint density at radius 3 is 2.50 bits per heavy atom. The van der Waals surface area contributed by atoms with E-state index < -0.39 is 17.1 Å². The fourth-order valence-electron chi connectivity index (χ4n) is 1.74. The van der Waals surface area contributed by atoms with Crippen LogP contribution in [0.3, 0.4) is 0 Å². The van der Waals surface area contributed by atoms with Crippen molar-refractivity contribution in [2.24, 2.45) is 0 Å². The number of halogens is 1. The molecule has 2 aromatic rings. The van der Waals surface area contributed by atoms with Crippen LogP contribution in [0.1, 0.15) is 19.4 Å². The Morgan fingerprint density at radius 1 is 1.25 bits per heavy atom. The van der Waals surface area contributed by atoms with Gasteiger partial charge >= 0.3 is 5.69 Å². The highest BCUT2D eigenvalue weighted by atomic mass is 19.1. The molecular weight excluding hydrogens is 263 g/mol. The van der Waals surface area contributed by atoms with Gasteiger partial charge < -0.3 is 4.74 Å². The second-order valence-corrected chi connectivity index (χ2v) is 4.67. The number of hydrogen-bond acceptors (Lipinski definition) is 3. The van der Waals surface area contributed by atoms with Crippen LogP contribution in [-0.2, 0) is 6.54 Å². The van der Waals surface area contributed by atoms with E-state index in [0.717, 1.165) is 22.1 Å². The van der Waals surface area contributed by atoms with Crippen LogP contribution in [0.25, 0.3) is 0 Å². The lowest BCUT2D eigenvalue weighted by Gasteiger charge is -2.10. The number of nitrogens with one attached hydrogen (secondary N) is 1. The van der Waals surface area contributed by atoms with Crippen LogP contribution in [0, 0.1) is 5.82 Å². The molecule has 0 saturated carbocycles. The lowest BCUT2D eigenvalue weighted by Crippen LogP contribution is -2.31. The Hall–Kier alpha value is -2.37. The third-order valence-corrected chi connectivity index (χ3v) is 2.62. The summed E-state index contributed by atoms with van der Waals surface area (Å²) in [6, 6.07) is 7.13. The van der Waals surface area contributed by atoms with E-state index in [2.05, 4.69) is 0 Å². The number of aromatic amines is 1. The van der Waals surface area contributed by atoms with Crippen LogP contribution in [-0.4, -0.2) is 15.7 Å². The lowest BCUT2D eigenvalue weighted by atomic mass is 10.2. The maximum absolute atomic E-state index is 13.1. The maximum Gasteiger partial charge on any atom is 0.328 e. The number of hydrogen-bond donors (Lipinski definition) is 1. The fourth-order valence-corrected chi connectivity index (χ4v) is 1.74. The van der Waals surface area contributed by atoms with Gasteiger partial charge in [0, 0.05) is 0 Å². The molecule has 0 fully saturated rings. The van der Waals surface area contributed by atoms with Gasteiger partial charge in [-0.2, -0.15) is 4.39 Å². The fraction of sp³-hybridized carbons (Fsp3) is 0.286. The number of benzene rings is 1. The largest absolute Gasteiger partial charge is 0.491 e. The zero-order valence-electron chi connectivity index (χ0n) is 11.2. The van der Waals surface area contributed by atoms with Gasteiger partial charge in [-0.3, -0.25) is 14.3 Å². The Kier molecular flexibility index (Phi) is 4.02. The van der Waals surface area contributed by atoms with Crippen LogP contribution in [0.4, 0.5) is 4.39 Å². The third kappa shape index (κ3) is 3.34. The first-order valence-corrected chi connectivity index (χ1v) is 6.20. The highest BCUT2D eigenvalue weighted by molar-refractivity contribution is 5.27. The van der Waals surface area contributed by atoms with Gasteiger partial charge in [0.05, 0.1) is 18.8 Å². The summed E-state index contributed by atoms with van der Waals surface area (Å²) >= 11 is 0. The van der Waals surface area contributed by atoms with Gasteiger partial charge in [0.15, 0.2) is 0 Å². The standard InChI is InChI=1S/C14H15FN2O3/c1-9(2)20-11-5-3-10(4-6-11)7-17-8-12(15)13(18)16-14(17)19/h3-6,8-9H,7H2,1-2H3,(H,16,18,19). The summed E-state index contributed by atoms with van der Waals surface area (Å²) < 4.78 is 19.8. The Labute approximate surface area is 114 Å². The monoisotopic (exact) mass is 278 g/mol. The van der Waals surface area contributed by atoms with E-state index in [4.69, 9.17) is 4.74 Å². The minimum Gasteiger partial charge on any atom is -0.491 e. The summed E-state index contributed by atoms with van der Waals surface area (Å²) in [4.78, 5) is 24.4. The summed E-state index contributed by atoms with van der Waals surface area (Å²) in [5.74, 6) is -0.256. The lowest BCUT2D eigenvalue weighted by molar-refractivity contribution is 0.242. The number of ether oxygens (including phenoxy) is 1. The predicted molar refractivity (Wildman–Crippen MR) is 72.6 cm³/mol. The van der Waals surface area contributed by atoms with Crippen LogP contribution in [0.5, 0.6) is 5.75 Å². The number of nitrogens with zero attached hydrogens (tertiary/aromatic N) is 1. The third-order valence-electron chi connectivity index (χ3n) is 2.62. The zero-order chi connectivity index (χ0) is 14.7. The molecule has 0 aliphatic heterocycles. The molecule has 1 aromatic carbocycles. The smallest absolute Gasteiger partial charge is 0.328 e. The molecule has 6 heteroatoms. The molecule has 0 bridgehead atoms. The molecule has 2 rings (SSSR count). The molecule has 106 valence electrons. The molecule has 0 saturated heterocycles. The number of rotatable bonds is 4. The summed E-state index contributed by atoms with van der Waals surface area (Å²) in [7, 11) is 0. The van der Waals surface area contributed by atoms with Crippen molar-refractivity contribution in [3.63, 3.8) is 0 Å². The van der Waals surface area contributed by atoms with Crippen molar-refractivity contribution in [3.8, 4) is 5.75 Å². The van der Waals surface area contributed by atoms with Crippen molar-refractivity contribution in [2.75, 3.05) is 0 Å². The molecule has 1 N–H and O–H groups in total. The van der Waals surface area contributed by atoms with Crippen LogP contribution < -0.4 is 16.0 Å². The molecule has 5 nitrogen and oxygen atoms in total. The van der Waals surface area contributed by atoms with Crippen molar-refractivity contribution in [2.45, 2.75) is 26.5 Å². The van der Waals surface area contributed by atoms with E-state index >= 15 is 0 Å². The molecule has 20 heavy (non-hydrogen) atoms. The molecule has 0 aliphatic rings. The molecule has 0 radical (unpaired) electrons. The first-order valence-electron chi connectivity index (χ1n) is 6.20. The predicted octanol–water partition coefficient (Wildman–Crippen LogP) is 1.51. The first kappa shape index (κ1) is 14.0. The molecule has 0 atom stereocenters. The van der Waals surface area contributed by atoms with Crippen LogP contribution in [0.2, 0.25) is 0 Å². The van der Waals surface area contributed by atoms with Gasteiger partial charge in [-0.1, -0.05) is 12.1 Å². The van der Waals surface area contributed by atoms with E-state index in [1.807, 2.05) is 18.8 Å². The van der Waals surface area contributed by atoms with E-state index in [1.165, 1.54) is 0 Å². The summed E-state index contributed by atoms with van der Waals surface area (Å²) in [5, 5.41) is 0. The normalized spacial score (nSPS) is 10.8. The van der Waals surface area contributed by atoms with Gasteiger partial charge in [0.25, 0.3) is 5.56 Å². The van der Waals surface area contributed by atoms with E-state index in [1.54, 1.807) is 24.3 Å². The molecule has 0 aliphatic carbocycles. The molecular formula is C14H15FN2O3. The topological polar surface area (TPSA) is 64.1 Å². The summed E-state index contributed by atoms with van der Waals surface area (Å²) in [6.45, 7) is 4.03. The average molecular weight is 278 g/mol. The first-order chi connectivity index (χ1) is 9.45. The van der Waals surface area contributed by atoms with Gasteiger partial charge in [-0.05, 0) is 31.5 Å². The highest BCUT2D eigenvalue weighted by Crippen LogP contribution is 2.14. The Balaban J connectivity index is 2.20. The van der Waals surface area contributed by atoms with Crippen LogP contribution in [0.15, 0.2) is 40.1 Å². The Morgan fingerprint density at radius 2 is 1.90 bits per heavy atom. The number of aromatic nitrogens is 2. The summed E-state index contributed by atoms with van der Waals surface area (Å²) in [6.07, 6.45) is 0.983. The molecule has 1 aromatic heterocycles. The van der Waals surface area contributed by atoms with Gasteiger partial charge in [-0.25, -0.2) is 4.79 Å². The highest BCUT2D eigenvalue weighted by Gasteiger charge is 2.05. The van der Waals surface area contributed by atoms with E-state index in [-0.39, 0.29) is 12.6 Å². The SMILES string of the molecule is CC(C)Oc1ccc(Cn2cc(F)c(=O)[nH]c2=O)cc1. The van der Waals surface area contributed by atoms with Gasteiger partial charge in [0.2, 0.25) is 5.82 Å². The van der Waals surface area contributed by atoms with Crippen molar-refractivity contribution in [1.82, 2.24) is 9.55 Å². The Bertz CT molecular complexity index is 702. The van der Waals surface area contributed by atoms with Gasteiger partial charge in [-0.15, -0.1) is 0 Å². The second-order valence-electron chi connectivity index (χ2n) is 4.67. The molecule has 0 unspecified atom stereocenters. The van der Waals surface area contributed by atoms with Crippen LogP contribution >= 0.6 is 0 Å². The maximum atomic E-state index is 13.1. The van der Waals surface area contributed by atoms with Crippen molar-refractivity contribution < 1.29 is 9.13 Å². The van der Waals surface area contributed by atoms with Crippen molar-refractivity contribution in [3.05, 3.63) is 62.7 Å². The van der Waals surface area contributed by atoms with E-state index in [0.29, 0.717) is 0 Å². The molecule has 0 amide bonds. The number of H-pyrrole nitrogens is 1. The van der Waals surface area contributed by atoms with Crippen molar-refractivity contribution >= 4 is 0 Å². The molecule has 0 spiro atoms. The minimum atomic E-state index is -1.01. The van der Waals surface area contributed by atoms with Crippen molar-refractivity contribution in [1.29, 1.82) is 0 Å². The van der Waals surface area contributed by atoms with E-state index in [9.17, 15) is 14.0 Å². The minimum absolute atomic E-state index is 0.0803. The quantitative estimate of drug-likeness (QED) is 0.922. The average Bonchev–Trinajstić information content (AvgIpc) is 2.37. The van der Waals surface area contributed by atoms with Gasteiger partial charge in [0.1, 0.15) is 5.75 Å². The second kappa shape index (κ2) is 5.73. The summed E-state index contributed by atoms with van der Waals surface area (Å²) in [5.41, 5.74) is -0.847. The zero-order valence-corrected chi connectivity index (χ0v) is 11.2. The molecule has 1 heterocycles.